The fourth-order valence-corrected chi connectivity index (χ4v) is 4.42. The molecule has 2 aliphatic rings. The molecule has 172 valence electrons. The second-order valence-corrected chi connectivity index (χ2v) is 8.82. The number of likely N-dealkylation sites (tertiary alicyclic amines) is 1. The number of carbonyl (C=O) groups excluding carboxylic acids is 1. The number of halogens is 3. The molecule has 1 amide bonds. The minimum absolute atomic E-state index is 0.0540. The van der Waals surface area contributed by atoms with Crippen molar-refractivity contribution in [1.29, 1.82) is 0 Å². The molecule has 0 spiro atoms. The Morgan fingerprint density at radius 2 is 1.84 bits per heavy atom. The fraction of sp³-hybridized carbons (Fsp3) is 0.458. The van der Waals surface area contributed by atoms with Crippen LogP contribution in [-0.2, 0) is 6.42 Å². The second kappa shape index (κ2) is 9.11. The summed E-state index contributed by atoms with van der Waals surface area (Å²) in [6, 6.07) is 6.86. The van der Waals surface area contributed by atoms with Gasteiger partial charge in [0.2, 0.25) is 0 Å². The summed E-state index contributed by atoms with van der Waals surface area (Å²) in [6.07, 6.45) is 5.14. The molecule has 0 radical (unpaired) electrons. The molecule has 2 aromatic carbocycles. The number of carbonyl (C=O) groups is 1. The molecule has 1 aliphatic carbocycles. The van der Waals surface area contributed by atoms with Gasteiger partial charge in [0.1, 0.15) is 11.4 Å². The third-order valence-corrected chi connectivity index (χ3v) is 6.36. The molecule has 4 rings (SSSR count). The number of hydrogen-bond donors (Lipinski definition) is 3. The van der Waals surface area contributed by atoms with E-state index in [2.05, 4.69) is 10.6 Å². The Morgan fingerprint density at radius 1 is 1.12 bits per heavy atom. The van der Waals surface area contributed by atoms with Gasteiger partial charge in [-0.25, -0.2) is 13.2 Å². The first-order valence-corrected chi connectivity index (χ1v) is 11.1. The molecule has 2 aromatic rings. The van der Waals surface area contributed by atoms with Crippen LogP contribution in [0.3, 0.4) is 0 Å². The molecular formula is C24H28F3N3O2. The van der Waals surface area contributed by atoms with Gasteiger partial charge < -0.3 is 20.6 Å². The Bertz CT molecular complexity index is 1000. The predicted octanol–water partition coefficient (Wildman–Crippen LogP) is 4.13. The highest BCUT2D eigenvalue weighted by atomic mass is 19.2. The highest BCUT2D eigenvalue weighted by Crippen LogP contribution is 2.32. The Kier molecular flexibility index (Phi) is 6.44. The Hall–Kier alpha value is -2.58. The number of nitrogens with one attached hydrogen (secondary N) is 2. The summed E-state index contributed by atoms with van der Waals surface area (Å²) in [5.41, 5.74) is -0.880. The average Bonchev–Trinajstić information content (AvgIpc) is 3.28. The van der Waals surface area contributed by atoms with Crippen LogP contribution in [0.15, 0.2) is 30.3 Å². The molecule has 0 bridgehead atoms. The van der Waals surface area contributed by atoms with E-state index in [0.29, 0.717) is 19.0 Å². The summed E-state index contributed by atoms with van der Waals surface area (Å²) in [4.78, 5) is 14.4. The monoisotopic (exact) mass is 447 g/mol. The molecule has 1 aliphatic heterocycles. The minimum atomic E-state index is -1.26. The van der Waals surface area contributed by atoms with Crippen LogP contribution in [-0.4, -0.2) is 47.2 Å². The van der Waals surface area contributed by atoms with Gasteiger partial charge in [-0.3, -0.25) is 4.79 Å². The summed E-state index contributed by atoms with van der Waals surface area (Å²) in [5.74, 6) is -3.57. The van der Waals surface area contributed by atoms with Crippen molar-refractivity contribution in [3.63, 3.8) is 0 Å². The van der Waals surface area contributed by atoms with Crippen LogP contribution in [0.25, 0.3) is 0 Å². The Labute approximate surface area is 185 Å². The zero-order valence-electron chi connectivity index (χ0n) is 18.1. The van der Waals surface area contributed by atoms with E-state index in [4.69, 9.17) is 0 Å². The summed E-state index contributed by atoms with van der Waals surface area (Å²) in [7, 11) is 0. The van der Waals surface area contributed by atoms with Crippen LogP contribution in [0.5, 0.6) is 0 Å². The van der Waals surface area contributed by atoms with Gasteiger partial charge in [-0.15, -0.1) is 0 Å². The molecule has 1 saturated carbocycles. The van der Waals surface area contributed by atoms with Gasteiger partial charge in [0.15, 0.2) is 11.6 Å². The third-order valence-electron chi connectivity index (χ3n) is 6.36. The van der Waals surface area contributed by atoms with Crippen molar-refractivity contribution in [3.05, 3.63) is 58.9 Å². The van der Waals surface area contributed by atoms with Crippen LogP contribution in [0.2, 0.25) is 0 Å². The van der Waals surface area contributed by atoms with Crippen LogP contribution >= 0.6 is 0 Å². The van der Waals surface area contributed by atoms with E-state index in [0.717, 1.165) is 24.5 Å². The zero-order chi connectivity index (χ0) is 22.9. The molecule has 2 fully saturated rings. The molecule has 0 aromatic heterocycles. The third kappa shape index (κ3) is 4.61. The van der Waals surface area contributed by atoms with Gasteiger partial charge in [0, 0.05) is 12.6 Å². The van der Waals surface area contributed by atoms with E-state index in [1.165, 1.54) is 35.9 Å². The average molecular weight is 448 g/mol. The minimum Gasteiger partial charge on any atom is -0.385 e. The van der Waals surface area contributed by atoms with Crippen molar-refractivity contribution in [2.45, 2.75) is 50.7 Å². The first kappa shape index (κ1) is 22.6. The number of β-amino-alcohol motifs (C(OH)–C–C–N with tert-alkyl or cyclic N) is 1. The molecule has 1 saturated heterocycles. The molecule has 5 nitrogen and oxygen atoms in total. The molecule has 1 heterocycles. The van der Waals surface area contributed by atoms with E-state index in [1.54, 1.807) is 6.07 Å². The second-order valence-electron chi connectivity index (χ2n) is 8.82. The summed E-state index contributed by atoms with van der Waals surface area (Å²) in [5, 5.41) is 16.6. The van der Waals surface area contributed by atoms with Crippen molar-refractivity contribution in [2.24, 2.45) is 0 Å². The first-order chi connectivity index (χ1) is 15.3. The number of aliphatic hydroxyl groups is 1. The van der Waals surface area contributed by atoms with Crippen molar-refractivity contribution in [2.75, 3.05) is 25.0 Å². The van der Waals surface area contributed by atoms with Crippen molar-refractivity contribution >= 4 is 17.3 Å². The van der Waals surface area contributed by atoms with Crippen LogP contribution in [0.4, 0.5) is 24.5 Å². The molecule has 0 unspecified atom stereocenters. The van der Waals surface area contributed by atoms with E-state index in [9.17, 15) is 23.1 Å². The topological polar surface area (TPSA) is 64.6 Å². The van der Waals surface area contributed by atoms with Gasteiger partial charge >= 0.3 is 0 Å². The number of benzene rings is 2. The van der Waals surface area contributed by atoms with Crippen molar-refractivity contribution in [1.82, 2.24) is 10.2 Å². The smallest absolute Gasteiger partial charge is 0.256 e. The van der Waals surface area contributed by atoms with E-state index in [1.807, 2.05) is 6.92 Å². The van der Waals surface area contributed by atoms with Gasteiger partial charge in [-0.05, 0) is 49.1 Å². The molecule has 8 heteroatoms. The zero-order valence-corrected chi connectivity index (χ0v) is 18.1. The van der Waals surface area contributed by atoms with Crippen LogP contribution in [0, 0.1) is 17.5 Å². The number of rotatable bonds is 7. The fourth-order valence-electron chi connectivity index (χ4n) is 4.42. The number of hydrogen-bond acceptors (Lipinski definition) is 4. The van der Waals surface area contributed by atoms with Crippen molar-refractivity contribution in [3.8, 4) is 0 Å². The normalized spacial score (nSPS) is 18.0. The molecule has 0 atom stereocenters. The maximum atomic E-state index is 14.6. The SMILES string of the molecule is CCc1ccc(Nc2c(C(=O)N3CC(O)(CNC4CCCC4)C3)ccc(F)c2F)c(F)c1. The lowest BCUT2D eigenvalue weighted by molar-refractivity contribution is -0.0797. The summed E-state index contributed by atoms with van der Waals surface area (Å²) in [6.45, 7) is 2.43. The van der Waals surface area contributed by atoms with Crippen LogP contribution < -0.4 is 10.6 Å². The maximum absolute atomic E-state index is 14.6. The Morgan fingerprint density at radius 3 is 2.50 bits per heavy atom. The molecular weight excluding hydrogens is 419 g/mol. The lowest BCUT2D eigenvalue weighted by Gasteiger charge is -2.47. The lowest BCUT2D eigenvalue weighted by Crippen LogP contribution is -2.67. The van der Waals surface area contributed by atoms with Gasteiger partial charge in [0.25, 0.3) is 5.91 Å². The van der Waals surface area contributed by atoms with E-state index < -0.39 is 34.6 Å². The highest BCUT2D eigenvalue weighted by Gasteiger charge is 2.44. The number of aryl methyl sites for hydroxylation is 1. The molecule has 32 heavy (non-hydrogen) atoms. The van der Waals surface area contributed by atoms with Gasteiger partial charge in [-0.2, -0.15) is 0 Å². The Balaban J connectivity index is 1.49. The number of nitrogens with zero attached hydrogens (tertiary/aromatic N) is 1. The van der Waals surface area contributed by atoms with Crippen LogP contribution in [0.1, 0.15) is 48.5 Å². The first-order valence-electron chi connectivity index (χ1n) is 11.1. The summed E-state index contributed by atoms with van der Waals surface area (Å²) < 4.78 is 43.0. The largest absolute Gasteiger partial charge is 0.385 e. The molecule has 3 N–H and O–H groups in total. The van der Waals surface area contributed by atoms with Gasteiger partial charge in [0.05, 0.1) is 30.0 Å². The number of amides is 1. The van der Waals surface area contributed by atoms with Gasteiger partial charge in [-0.1, -0.05) is 25.8 Å². The quantitative estimate of drug-likeness (QED) is 0.597. The maximum Gasteiger partial charge on any atom is 0.256 e. The summed E-state index contributed by atoms with van der Waals surface area (Å²) >= 11 is 0. The van der Waals surface area contributed by atoms with E-state index >= 15 is 0 Å². The standard InChI is InChI=1S/C24H28F3N3O2/c1-2-15-7-10-20(19(26)11-15)29-22-17(8-9-18(25)21(22)27)23(31)30-13-24(32,14-30)12-28-16-5-3-4-6-16/h7-11,16,28-29,32H,2-6,12-14H2,1H3. The highest BCUT2D eigenvalue weighted by molar-refractivity contribution is 6.01. The predicted molar refractivity (Wildman–Crippen MR) is 117 cm³/mol. The van der Waals surface area contributed by atoms with E-state index in [-0.39, 0.29) is 24.3 Å². The lowest BCUT2D eigenvalue weighted by atomic mass is 9.92. The number of anilines is 2. The van der Waals surface area contributed by atoms with Crippen molar-refractivity contribution < 1.29 is 23.1 Å².